The fraction of sp³-hybridized carbons (Fsp3) is 0.235. The van der Waals surface area contributed by atoms with E-state index >= 15 is 0 Å². The van der Waals surface area contributed by atoms with Crippen LogP contribution >= 0.6 is 0 Å². The molecule has 0 fully saturated rings. The van der Waals surface area contributed by atoms with Crippen LogP contribution in [0.4, 0.5) is 15.8 Å². The van der Waals surface area contributed by atoms with Crippen LogP contribution in [0.1, 0.15) is 31.9 Å². The molecule has 0 aliphatic rings. The van der Waals surface area contributed by atoms with E-state index in [0.29, 0.717) is 11.3 Å². The first-order chi connectivity index (χ1) is 9.41. The maximum absolute atomic E-state index is 13.2. The van der Waals surface area contributed by atoms with Gasteiger partial charge in [0.2, 0.25) is 0 Å². The van der Waals surface area contributed by atoms with Gasteiger partial charge in [-0.15, -0.1) is 0 Å². The number of nitriles is 1. The second-order valence-electron chi connectivity index (χ2n) is 5.72. The smallest absolute Gasteiger partial charge is 0.124 e. The molecule has 0 aromatic heterocycles. The van der Waals surface area contributed by atoms with E-state index in [0.717, 1.165) is 11.3 Å². The Morgan fingerprint density at radius 2 is 1.75 bits per heavy atom. The van der Waals surface area contributed by atoms with Gasteiger partial charge in [0, 0.05) is 5.69 Å². The highest BCUT2D eigenvalue weighted by atomic mass is 19.1. The minimum absolute atomic E-state index is 0.0174. The van der Waals surface area contributed by atoms with Crippen molar-refractivity contribution in [2.24, 2.45) is 0 Å². The molecule has 0 spiro atoms. The van der Waals surface area contributed by atoms with Gasteiger partial charge in [0.1, 0.15) is 11.9 Å². The molecule has 20 heavy (non-hydrogen) atoms. The summed E-state index contributed by atoms with van der Waals surface area (Å²) < 4.78 is 13.2. The summed E-state index contributed by atoms with van der Waals surface area (Å²) >= 11 is 0. The first kappa shape index (κ1) is 14.1. The molecular formula is C17H17FN2. The highest BCUT2D eigenvalue weighted by Crippen LogP contribution is 2.32. The van der Waals surface area contributed by atoms with Crippen molar-refractivity contribution in [3.8, 4) is 6.07 Å². The van der Waals surface area contributed by atoms with Crippen LogP contribution in [0.2, 0.25) is 0 Å². The average molecular weight is 268 g/mol. The zero-order valence-electron chi connectivity index (χ0n) is 11.9. The lowest BCUT2D eigenvalue weighted by Crippen LogP contribution is -2.13. The van der Waals surface area contributed by atoms with Crippen molar-refractivity contribution in [2.75, 3.05) is 5.32 Å². The molecule has 0 saturated carbocycles. The fourth-order valence-electron chi connectivity index (χ4n) is 2.11. The Morgan fingerprint density at radius 3 is 2.40 bits per heavy atom. The third-order valence-corrected chi connectivity index (χ3v) is 3.11. The first-order valence-corrected chi connectivity index (χ1v) is 6.48. The van der Waals surface area contributed by atoms with E-state index in [2.05, 4.69) is 32.2 Å². The zero-order valence-corrected chi connectivity index (χ0v) is 11.9. The van der Waals surface area contributed by atoms with E-state index in [1.807, 2.05) is 24.3 Å². The van der Waals surface area contributed by atoms with E-state index in [1.54, 1.807) is 6.07 Å². The molecule has 0 unspecified atom stereocenters. The number of nitrogens with zero attached hydrogens (tertiary/aromatic N) is 1. The summed E-state index contributed by atoms with van der Waals surface area (Å²) in [6.45, 7) is 6.39. The van der Waals surface area contributed by atoms with E-state index in [-0.39, 0.29) is 5.41 Å². The molecule has 2 aromatic rings. The summed E-state index contributed by atoms with van der Waals surface area (Å²) in [5, 5.41) is 12.3. The minimum atomic E-state index is -0.406. The van der Waals surface area contributed by atoms with Crippen molar-refractivity contribution in [2.45, 2.75) is 26.2 Å². The Morgan fingerprint density at radius 1 is 1.05 bits per heavy atom. The van der Waals surface area contributed by atoms with E-state index in [1.165, 1.54) is 12.1 Å². The van der Waals surface area contributed by atoms with Crippen LogP contribution < -0.4 is 5.32 Å². The predicted molar refractivity (Wildman–Crippen MR) is 79.5 cm³/mol. The van der Waals surface area contributed by atoms with E-state index in [4.69, 9.17) is 5.26 Å². The summed E-state index contributed by atoms with van der Waals surface area (Å²) in [5.74, 6) is -0.406. The molecule has 0 saturated heterocycles. The van der Waals surface area contributed by atoms with E-state index in [9.17, 15) is 4.39 Å². The minimum Gasteiger partial charge on any atom is -0.354 e. The van der Waals surface area contributed by atoms with Crippen LogP contribution in [-0.4, -0.2) is 0 Å². The summed E-state index contributed by atoms with van der Waals surface area (Å²) in [6, 6.07) is 14.1. The largest absolute Gasteiger partial charge is 0.354 e. The third-order valence-electron chi connectivity index (χ3n) is 3.11. The van der Waals surface area contributed by atoms with Crippen LogP contribution in [0.15, 0.2) is 42.5 Å². The molecule has 0 atom stereocenters. The second-order valence-corrected chi connectivity index (χ2v) is 5.72. The lowest BCUT2D eigenvalue weighted by molar-refractivity contribution is 0.592. The number of benzene rings is 2. The van der Waals surface area contributed by atoms with Gasteiger partial charge < -0.3 is 5.32 Å². The molecule has 2 rings (SSSR count). The first-order valence-electron chi connectivity index (χ1n) is 6.48. The molecule has 0 radical (unpaired) electrons. The maximum atomic E-state index is 13.2. The molecule has 0 bridgehead atoms. The van der Waals surface area contributed by atoms with Crippen LogP contribution in [0.3, 0.4) is 0 Å². The average Bonchev–Trinajstić information content (AvgIpc) is 2.40. The molecule has 1 N–H and O–H groups in total. The topological polar surface area (TPSA) is 35.8 Å². The van der Waals surface area contributed by atoms with Gasteiger partial charge in [0.15, 0.2) is 0 Å². The van der Waals surface area contributed by atoms with E-state index < -0.39 is 5.82 Å². The summed E-state index contributed by atoms with van der Waals surface area (Å²) in [6.07, 6.45) is 0. The lowest BCUT2D eigenvalue weighted by Gasteiger charge is -2.23. The van der Waals surface area contributed by atoms with Gasteiger partial charge in [-0.05, 0) is 35.2 Å². The number of anilines is 2. The molecule has 2 aromatic carbocycles. The lowest BCUT2D eigenvalue weighted by atomic mass is 9.85. The monoisotopic (exact) mass is 268 g/mol. The summed E-state index contributed by atoms with van der Waals surface area (Å²) in [5.41, 5.74) is 2.98. The standard InChI is InChI=1S/C17H17FN2/c1-17(2,3)14-6-4-5-7-16(14)20-15-9-8-13(18)10-12(15)11-19/h4-10,20H,1-3H3. The number of nitrogens with one attached hydrogen (secondary N) is 1. The van der Waals surface area contributed by atoms with Gasteiger partial charge >= 0.3 is 0 Å². The third kappa shape index (κ3) is 2.97. The number of halogens is 1. The quantitative estimate of drug-likeness (QED) is 0.854. The van der Waals surface area contributed by atoms with Crippen LogP contribution in [0.25, 0.3) is 0 Å². The van der Waals surface area contributed by atoms with Gasteiger partial charge in [-0.3, -0.25) is 0 Å². The molecule has 0 aliphatic heterocycles. The van der Waals surface area contributed by atoms with Crippen LogP contribution in [0.5, 0.6) is 0 Å². The molecule has 0 aliphatic carbocycles. The van der Waals surface area contributed by atoms with Crippen LogP contribution in [0, 0.1) is 17.1 Å². The molecule has 3 heteroatoms. The van der Waals surface area contributed by atoms with Crippen molar-refractivity contribution in [1.29, 1.82) is 5.26 Å². The summed E-state index contributed by atoms with van der Waals surface area (Å²) in [4.78, 5) is 0. The zero-order chi connectivity index (χ0) is 14.8. The SMILES string of the molecule is CC(C)(C)c1ccccc1Nc1ccc(F)cc1C#N. The van der Waals surface area contributed by atoms with Gasteiger partial charge in [-0.1, -0.05) is 39.0 Å². The molecule has 102 valence electrons. The van der Waals surface area contributed by atoms with Gasteiger partial charge in [0.05, 0.1) is 11.3 Å². The Labute approximate surface area is 118 Å². The molecule has 2 nitrogen and oxygen atoms in total. The second kappa shape index (κ2) is 5.34. The highest BCUT2D eigenvalue weighted by Gasteiger charge is 2.18. The summed E-state index contributed by atoms with van der Waals surface area (Å²) in [7, 11) is 0. The Kier molecular flexibility index (Phi) is 3.76. The normalized spacial score (nSPS) is 10.9. The van der Waals surface area contributed by atoms with Crippen molar-refractivity contribution >= 4 is 11.4 Å². The number of hydrogen-bond acceptors (Lipinski definition) is 2. The van der Waals surface area contributed by atoms with Crippen molar-refractivity contribution in [3.05, 3.63) is 59.4 Å². The van der Waals surface area contributed by atoms with Crippen molar-refractivity contribution in [1.82, 2.24) is 0 Å². The number of hydrogen-bond donors (Lipinski definition) is 1. The number of rotatable bonds is 2. The molecule has 0 heterocycles. The van der Waals surface area contributed by atoms with Gasteiger partial charge in [-0.25, -0.2) is 4.39 Å². The van der Waals surface area contributed by atoms with Crippen molar-refractivity contribution < 1.29 is 4.39 Å². The molecule has 0 amide bonds. The van der Waals surface area contributed by atoms with Crippen molar-refractivity contribution in [3.63, 3.8) is 0 Å². The maximum Gasteiger partial charge on any atom is 0.124 e. The van der Waals surface area contributed by atoms with Gasteiger partial charge in [-0.2, -0.15) is 5.26 Å². The van der Waals surface area contributed by atoms with Gasteiger partial charge in [0.25, 0.3) is 0 Å². The predicted octanol–water partition coefficient (Wildman–Crippen LogP) is 4.74. The Bertz CT molecular complexity index is 663. The number of para-hydroxylation sites is 1. The fourth-order valence-corrected chi connectivity index (χ4v) is 2.11. The highest BCUT2D eigenvalue weighted by molar-refractivity contribution is 5.69. The van der Waals surface area contributed by atoms with Crippen LogP contribution in [-0.2, 0) is 5.41 Å². The molecular weight excluding hydrogens is 251 g/mol. The Hall–Kier alpha value is -2.34. The Balaban J connectivity index is 2.44.